The number of carbonyl (C=O) groups is 2. The number of likely N-dealkylation sites (N-methyl/N-ethyl adjacent to an activating group) is 1. The summed E-state index contributed by atoms with van der Waals surface area (Å²) in [5, 5.41) is 13.0. The minimum absolute atomic E-state index is 0.167. The van der Waals surface area contributed by atoms with Crippen LogP contribution in [0.4, 0.5) is 5.82 Å². The first-order chi connectivity index (χ1) is 16.5. The zero-order valence-corrected chi connectivity index (χ0v) is 21.8. The van der Waals surface area contributed by atoms with Gasteiger partial charge in [-0.1, -0.05) is 65.0 Å². The van der Waals surface area contributed by atoms with Crippen LogP contribution in [0.5, 0.6) is 0 Å². The van der Waals surface area contributed by atoms with Gasteiger partial charge in [0.2, 0.25) is 0 Å². The molecule has 1 aromatic heterocycles. The van der Waals surface area contributed by atoms with Gasteiger partial charge in [0.25, 0.3) is 5.91 Å². The van der Waals surface area contributed by atoms with E-state index in [4.69, 9.17) is 4.98 Å². The molecule has 8 nitrogen and oxygen atoms in total. The largest absolute Gasteiger partial charge is 0.481 e. The molecule has 0 aliphatic carbocycles. The Labute approximate surface area is 208 Å². The average Bonchev–Trinajstić information content (AvgIpc) is 2.80. The monoisotopic (exact) mass is 481 g/mol. The van der Waals surface area contributed by atoms with Gasteiger partial charge in [0.05, 0.1) is 5.92 Å². The van der Waals surface area contributed by atoms with Gasteiger partial charge in [-0.05, 0) is 24.9 Å². The number of carboxylic acid groups (broad SMARTS) is 1. The highest BCUT2D eigenvalue weighted by atomic mass is 16.4. The second-order valence-corrected chi connectivity index (χ2v) is 11.0. The fourth-order valence-electron chi connectivity index (χ4n) is 4.45. The van der Waals surface area contributed by atoms with Crippen molar-refractivity contribution < 1.29 is 14.7 Å². The first-order valence-electron chi connectivity index (χ1n) is 12.3. The lowest BCUT2D eigenvalue weighted by atomic mass is 9.92. The molecule has 8 heteroatoms. The molecule has 2 aromatic rings. The van der Waals surface area contributed by atoms with Crippen LogP contribution in [0.2, 0.25) is 0 Å². The van der Waals surface area contributed by atoms with Crippen LogP contribution in [0, 0.1) is 11.8 Å². The van der Waals surface area contributed by atoms with Crippen molar-refractivity contribution in [1.82, 2.24) is 19.8 Å². The Morgan fingerprint density at radius 1 is 1.20 bits per heavy atom. The van der Waals surface area contributed by atoms with E-state index in [1.807, 2.05) is 68.0 Å². The Morgan fingerprint density at radius 2 is 1.89 bits per heavy atom. The van der Waals surface area contributed by atoms with E-state index in [9.17, 15) is 14.7 Å². The quantitative estimate of drug-likeness (QED) is 0.590. The van der Waals surface area contributed by atoms with E-state index in [-0.39, 0.29) is 23.3 Å². The highest BCUT2D eigenvalue weighted by molar-refractivity contribution is 5.98. The molecule has 1 amide bonds. The van der Waals surface area contributed by atoms with Crippen LogP contribution in [0.25, 0.3) is 0 Å². The maximum atomic E-state index is 14.0. The smallest absolute Gasteiger partial charge is 0.307 e. The number of aromatic nitrogens is 2. The first kappa shape index (κ1) is 26.6. The van der Waals surface area contributed by atoms with Gasteiger partial charge in [-0.25, -0.2) is 9.97 Å². The van der Waals surface area contributed by atoms with Gasteiger partial charge in [0.15, 0.2) is 0 Å². The Balaban J connectivity index is 1.96. The Morgan fingerprint density at radius 3 is 2.49 bits per heavy atom. The van der Waals surface area contributed by atoms with Crippen LogP contribution >= 0.6 is 0 Å². The number of aliphatic carboxylic acids is 1. The van der Waals surface area contributed by atoms with E-state index in [1.54, 1.807) is 6.20 Å². The van der Waals surface area contributed by atoms with Crippen LogP contribution < -0.4 is 5.32 Å². The molecule has 1 aliphatic heterocycles. The van der Waals surface area contributed by atoms with E-state index in [2.05, 4.69) is 24.1 Å². The number of anilines is 1. The standard InChI is InChI=1S/C27H39N5O3/c1-18(2)15-32(21-12-20(25(34)35)16-31(6)17-21)24(33)22-14-29-26(27(3,4)5)30-23(22)28-13-19-10-8-7-9-11-19/h7-11,14,18,20-21H,12-13,15-17H2,1-6H3,(H,34,35)(H,28,29,30)/t20-,21+/m1/s1. The predicted molar refractivity (Wildman–Crippen MR) is 137 cm³/mol. The molecule has 0 bridgehead atoms. The number of piperidine rings is 1. The van der Waals surface area contributed by atoms with Gasteiger partial charge in [-0.3, -0.25) is 9.59 Å². The number of hydrogen-bond donors (Lipinski definition) is 2. The minimum Gasteiger partial charge on any atom is -0.481 e. The lowest BCUT2D eigenvalue weighted by Gasteiger charge is -2.41. The molecular formula is C27H39N5O3. The SMILES string of the molecule is CC(C)CN(C(=O)c1cnc(C(C)(C)C)nc1NCc1ccccc1)[C@H]1C[C@@H](C(=O)O)CN(C)C1. The lowest BCUT2D eigenvalue weighted by Crippen LogP contribution is -2.54. The Hall–Kier alpha value is -3.00. The number of nitrogens with one attached hydrogen (secondary N) is 1. The summed E-state index contributed by atoms with van der Waals surface area (Å²) in [5.74, 6) is -0.100. The van der Waals surface area contributed by atoms with Crippen LogP contribution in [0.15, 0.2) is 36.5 Å². The third kappa shape index (κ3) is 7.01. The van der Waals surface area contributed by atoms with Crippen molar-refractivity contribution in [2.75, 3.05) is 32.0 Å². The molecule has 1 aliphatic rings. The third-order valence-corrected chi connectivity index (χ3v) is 6.22. The van der Waals surface area contributed by atoms with Crippen molar-refractivity contribution >= 4 is 17.7 Å². The van der Waals surface area contributed by atoms with Crippen LogP contribution in [0.3, 0.4) is 0 Å². The molecule has 2 heterocycles. The lowest BCUT2D eigenvalue weighted by molar-refractivity contribution is -0.144. The van der Waals surface area contributed by atoms with Crippen molar-refractivity contribution in [3.63, 3.8) is 0 Å². The molecule has 1 fully saturated rings. The number of carboxylic acids is 1. The van der Waals surface area contributed by atoms with E-state index >= 15 is 0 Å². The van der Waals surface area contributed by atoms with Crippen molar-refractivity contribution in [2.24, 2.45) is 11.8 Å². The summed E-state index contributed by atoms with van der Waals surface area (Å²) in [6, 6.07) is 9.77. The van der Waals surface area contributed by atoms with E-state index < -0.39 is 11.9 Å². The summed E-state index contributed by atoms with van der Waals surface area (Å²) in [4.78, 5) is 38.9. The van der Waals surface area contributed by atoms with Crippen molar-refractivity contribution in [2.45, 2.75) is 59.0 Å². The van der Waals surface area contributed by atoms with Crippen molar-refractivity contribution in [3.05, 3.63) is 53.5 Å². The molecule has 0 unspecified atom stereocenters. The fraction of sp³-hybridized carbons (Fsp3) is 0.556. The molecule has 2 atom stereocenters. The zero-order valence-electron chi connectivity index (χ0n) is 21.8. The second-order valence-electron chi connectivity index (χ2n) is 11.0. The number of likely N-dealkylation sites (tertiary alicyclic amines) is 1. The van der Waals surface area contributed by atoms with Gasteiger partial charge in [0, 0.05) is 43.8 Å². The predicted octanol–water partition coefficient (Wildman–Crippen LogP) is 3.89. The Bertz CT molecular complexity index is 1020. The average molecular weight is 482 g/mol. The summed E-state index contributed by atoms with van der Waals surface area (Å²) in [5.41, 5.74) is 1.22. The summed E-state index contributed by atoms with van der Waals surface area (Å²) >= 11 is 0. The van der Waals surface area contributed by atoms with E-state index in [0.717, 1.165) is 5.56 Å². The molecule has 2 N–H and O–H groups in total. The van der Waals surface area contributed by atoms with Crippen LogP contribution in [-0.4, -0.2) is 69.5 Å². The molecule has 1 aromatic carbocycles. The maximum absolute atomic E-state index is 14.0. The molecule has 0 radical (unpaired) electrons. The summed E-state index contributed by atoms with van der Waals surface area (Å²) in [6.45, 7) is 12.4. The van der Waals surface area contributed by atoms with E-state index in [0.29, 0.717) is 49.8 Å². The number of amides is 1. The van der Waals surface area contributed by atoms with Gasteiger partial charge < -0.3 is 20.2 Å². The Kier molecular flexibility index (Phi) is 8.48. The fourth-order valence-corrected chi connectivity index (χ4v) is 4.45. The third-order valence-electron chi connectivity index (χ3n) is 6.22. The normalized spacial score (nSPS) is 18.9. The van der Waals surface area contributed by atoms with Crippen LogP contribution in [0.1, 0.15) is 62.8 Å². The van der Waals surface area contributed by atoms with Crippen molar-refractivity contribution in [1.29, 1.82) is 0 Å². The highest BCUT2D eigenvalue weighted by Crippen LogP contribution is 2.27. The topological polar surface area (TPSA) is 98.7 Å². The molecular weight excluding hydrogens is 442 g/mol. The summed E-state index contributed by atoms with van der Waals surface area (Å²) in [6.07, 6.45) is 2.06. The second kappa shape index (κ2) is 11.2. The molecule has 1 saturated heterocycles. The summed E-state index contributed by atoms with van der Waals surface area (Å²) in [7, 11) is 1.91. The van der Waals surface area contributed by atoms with Gasteiger partial charge >= 0.3 is 5.97 Å². The number of carbonyl (C=O) groups excluding carboxylic acids is 1. The van der Waals surface area contributed by atoms with E-state index in [1.165, 1.54) is 0 Å². The molecule has 190 valence electrons. The maximum Gasteiger partial charge on any atom is 0.307 e. The number of hydrogen-bond acceptors (Lipinski definition) is 6. The highest BCUT2D eigenvalue weighted by Gasteiger charge is 2.36. The number of benzene rings is 1. The minimum atomic E-state index is -0.818. The molecule has 3 rings (SSSR count). The van der Waals surface area contributed by atoms with Gasteiger partial charge in [0.1, 0.15) is 17.2 Å². The summed E-state index contributed by atoms with van der Waals surface area (Å²) < 4.78 is 0. The zero-order chi connectivity index (χ0) is 25.8. The van der Waals surface area contributed by atoms with Crippen LogP contribution in [-0.2, 0) is 16.8 Å². The van der Waals surface area contributed by atoms with Crippen molar-refractivity contribution in [3.8, 4) is 0 Å². The van der Waals surface area contributed by atoms with Gasteiger partial charge in [-0.15, -0.1) is 0 Å². The van der Waals surface area contributed by atoms with Gasteiger partial charge in [-0.2, -0.15) is 0 Å². The molecule has 35 heavy (non-hydrogen) atoms. The molecule has 0 spiro atoms. The number of rotatable bonds is 8. The number of nitrogens with zero attached hydrogens (tertiary/aromatic N) is 4. The first-order valence-corrected chi connectivity index (χ1v) is 12.3. The molecule has 0 saturated carbocycles.